The Morgan fingerprint density at radius 1 is 0.357 bits per heavy atom. The fraction of sp³-hybridized carbons (Fsp3) is 0.167. The second-order valence-electron chi connectivity index (χ2n) is 11.0. The second kappa shape index (κ2) is 11.1. The lowest BCUT2D eigenvalue weighted by Crippen LogP contribution is -2.09. The molecule has 0 spiro atoms. The standard InChI is InChI=1S/C36H34O6/c1-19-15-31(39)21(3)13-29(19)36(30-14-22(4)32(40)16-20(30)2)24-7-5-23(6-8-24)35(27-11-9-25(37)17-33(27)41)28-12-10-26(38)18-34(28)42/h5-18,35-42H,1-4H3. The predicted molar refractivity (Wildman–Crippen MR) is 163 cm³/mol. The van der Waals surface area contributed by atoms with Gasteiger partial charge in [0.2, 0.25) is 0 Å². The van der Waals surface area contributed by atoms with Crippen LogP contribution in [0.2, 0.25) is 0 Å². The molecule has 42 heavy (non-hydrogen) atoms. The van der Waals surface area contributed by atoms with Gasteiger partial charge in [-0.25, -0.2) is 0 Å². The Labute approximate surface area is 245 Å². The Kier molecular flexibility index (Phi) is 7.48. The molecule has 0 aliphatic carbocycles. The molecule has 6 N–H and O–H groups in total. The van der Waals surface area contributed by atoms with Gasteiger partial charge in [-0.2, -0.15) is 0 Å². The zero-order valence-corrected chi connectivity index (χ0v) is 23.9. The summed E-state index contributed by atoms with van der Waals surface area (Å²) in [5, 5.41) is 62.2. The van der Waals surface area contributed by atoms with Gasteiger partial charge in [-0.1, -0.05) is 48.5 Å². The zero-order valence-electron chi connectivity index (χ0n) is 23.9. The van der Waals surface area contributed by atoms with Crippen LogP contribution in [0, 0.1) is 27.7 Å². The fourth-order valence-electron chi connectivity index (χ4n) is 5.76. The third-order valence-electron chi connectivity index (χ3n) is 8.04. The van der Waals surface area contributed by atoms with Crippen LogP contribution in [0.5, 0.6) is 34.5 Å². The Morgan fingerprint density at radius 3 is 1.07 bits per heavy atom. The molecule has 0 atom stereocenters. The summed E-state index contributed by atoms with van der Waals surface area (Å²) in [6.45, 7) is 7.67. The van der Waals surface area contributed by atoms with Gasteiger partial charge < -0.3 is 30.6 Å². The molecule has 0 aliphatic rings. The first-order valence-corrected chi connectivity index (χ1v) is 13.7. The van der Waals surface area contributed by atoms with Crippen molar-refractivity contribution in [3.05, 3.63) is 141 Å². The molecule has 0 saturated carbocycles. The van der Waals surface area contributed by atoms with Crippen molar-refractivity contribution < 1.29 is 30.6 Å². The van der Waals surface area contributed by atoms with Gasteiger partial charge in [0, 0.05) is 35.1 Å². The SMILES string of the molecule is Cc1cc(C(c2ccc(C(c3ccc(O)cc3O)c3ccc(O)cc3O)cc2)c2cc(C)c(O)cc2C)c(C)cc1O. The summed E-state index contributed by atoms with van der Waals surface area (Å²) in [7, 11) is 0. The lowest BCUT2D eigenvalue weighted by Gasteiger charge is -2.26. The van der Waals surface area contributed by atoms with Crippen molar-refractivity contribution in [2.75, 3.05) is 0 Å². The fourth-order valence-corrected chi connectivity index (χ4v) is 5.76. The van der Waals surface area contributed by atoms with E-state index in [-0.39, 0.29) is 40.4 Å². The largest absolute Gasteiger partial charge is 0.508 e. The maximum atomic E-state index is 10.8. The Balaban J connectivity index is 1.69. The summed E-state index contributed by atoms with van der Waals surface area (Å²) < 4.78 is 0. The van der Waals surface area contributed by atoms with Crippen LogP contribution in [0.15, 0.2) is 84.9 Å². The van der Waals surface area contributed by atoms with Crippen LogP contribution in [-0.2, 0) is 0 Å². The average Bonchev–Trinajstić information content (AvgIpc) is 2.93. The van der Waals surface area contributed by atoms with E-state index in [4.69, 9.17) is 0 Å². The lowest BCUT2D eigenvalue weighted by atomic mass is 9.78. The monoisotopic (exact) mass is 562 g/mol. The lowest BCUT2D eigenvalue weighted by molar-refractivity contribution is 0.440. The van der Waals surface area contributed by atoms with Crippen molar-refractivity contribution in [3.8, 4) is 34.5 Å². The summed E-state index contributed by atoms with van der Waals surface area (Å²) in [5.41, 5.74) is 8.13. The molecule has 5 aromatic rings. The molecule has 0 aromatic heterocycles. The molecule has 0 unspecified atom stereocenters. The number of phenols is 6. The Hall–Kier alpha value is -5.10. The summed E-state index contributed by atoms with van der Waals surface area (Å²) in [5.74, 6) is -0.762. The number of aryl methyl sites for hydroxylation is 4. The molecule has 0 radical (unpaired) electrons. The molecule has 0 bridgehead atoms. The smallest absolute Gasteiger partial charge is 0.123 e. The quantitative estimate of drug-likeness (QED) is 0.119. The third kappa shape index (κ3) is 5.31. The second-order valence-corrected chi connectivity index (χ2v) is 11.0. The molecular weight excluding hydrogens is 528 g/mol. The van der Waals surface area contributed by atoms with E-state index in [1.54, 1.807) is 24.3 Å². The number of phenolic OH excluding ortho intramolecular Hbond substituents is 6. The average molecular weight is 563 g/mol. The molecule has 0 amide bonds. The molecule has 0 heterocycles. The van der Waals surface area contributed by atoms with Crippen LogP contribution < -0.4 is 0 Å². The van der Waals surface area contributed by atoms with E-state index in [9.17, 15) is 30.6 Å². The van der Waals surface area contributed by atoms with Crippen molar-refractivity contribution in [1.82, 2.24) is 0 Å². The first-order valence-electron chi connectivity index (χ1n) is 13.7. The van der Waals surface area contributed by atoms with Gasteiger partial charge in [0.25, 0.3) is 0 Å². The molecule has 214 valence electrons. The first kappa shape index (κ1) is 28.4. The minimum Gasteiger partial charge on any atom is -0.508 e. The van der Waals surface area contributed by atoms with E-state index in [2.05, 4.69) is 0 Å². The number of hydrogen-bond acceptors (Lipinski definition) is 6. The Morgan fingerprint density at radius 2 is 0.714 bits per heavy atom. The highest BCUT2D eigenvalue weighted by atomic mass is 16.3. The van der Waals surface area contributed by atoms with E-state index < -0.39 is 5.92 Å². The predicted octanol–water partition coefficient (Wildman–Crippen LogP) is 7.51. The zero-order chi connectivity index (χ0) is 30.3. The van der Waals surface area contributed by atoms with Crippen LogP contribution in [0.4, 0.5) is 0 Å². The van der Waals surface area contributed by atoms with Gasteiger partial charge in [0.1, 0.15) is 34.5 Å². The highest BCUT2D eigenvalue weighted by Crippen LogP contribution is 2.44. The van der Waals surface area contributed by atoms with Gasteiger partial charge >= 0.3 is 0 Å². The van der Waals surface area contributed by atoms with Crippen LogP contribution in [0.3, 0.4) is 0 Å². The Bertz CT molecular complexity index is 1680. The van der Waals surface area contributed by atoms with Crippen molar-refractivity contribution in [2.45, 2.75) is 39.5 Å². The van der Waals surface area contributed by atoms with Crippen molar-refractivity contribution >= 4 is 0 Å². The summed E-state index contributed by atoms with van der Waals surface area (Å²) >= 11 is 0. The van der Waals surface area contributed by atoms with Crippen LogP contribution in [0.25, 0.3) is 0 Å². The summed E-state index contributed by atoms with van der Waals surface area (Å²) in [4.78, 5) is 0. The van der Waals surface area contributed by atoms with E-state index in [0.29, 0.717) is 11.1 Å². The van der Waals surface area contributed by atoms with Crippen molar-refractivity contribution in [3.63, 3.8) is 0 Å². The first-order chi connectivity index (χ1) is 19.9. The molecule has 5 aromatic carbocycles. The number of aromatic hydroxyl groups is 6. The van der Waals surface area contributed by atoms with Gasteiger partial charge in [0.15, 0.2) is 0 Å². The molecular formula is C36H34O6. The van der Waals surface area contributed by atoms with Crippen molar-refractivity contribution in [1.29, 1.82) is 0 Å². The number of rotatable bonds is 6. The summed E-state index contributed by atoms with van der Waals surface area (Å²) in [6.07, 6.45) is 0. The highest BCUT2D eigenvalue weighted by molar-refractivity contribution is 5.58. The van der Waals surface area contributed by atoms with Crippen LogP contribution >= 0.6 is 0 Å². The molecule has 6 nitrogen and oxygen atoms in total. The van der Waals surface area contributed by atoms with Crippen LogP contribution in [-0.4, -0.2) is 30.6 Å². The summed E-state index contributed by atoms with van der Waals surface area (Å²) in [6, 6.07) is 24.1. The number of hydrogen-bond donors (Lipinski definition) is 6. The minimum absolute atomic E-state index is 0.0813. The van der Waals surface area contributed by atoms with Crippen molar-refractivity contribution in [2.24, 2.45) is 0 Å². The van der Waals surface area contributed by atoms with E-state index in [1.165, 1.54) is 24.3 Å². The normalized spacial score (nSPS) is 11.4. The highest BCUT2D eigenvalue weighted by Gasteiger charge is 2.26. The molecule has 0 fully saturated rings. The molecule has 6 heteroatoms. The van der Waals surface area contributed by atoms with Crippen LogP contribution in [0.1, 0.15) is 67.5 Å². The van der Waals surface area contributed by atoms with E-state index >= 15 is 0 Å². The van der Waals surface area contributed by atoms with Gasteiger partial charge in [-0.3, -0.25) is 0 Å². The third-order valence-corrected chi connectivity index (χ3v) is 8.04. The van der Waals surface area contributed by atoms with E-state index in [0.717, 1.165) is 44.5 Å². The van der Waals surface area contributed by atoms with E-state index in [1.807, 2.05) is 64.1 Å². The molecule has 0 saturated heterocycles. The topological polar surface area (TPSA) is 121 Å². The number of benzene rings is 5. The van der Waals surface area contributed by atoms with Gasteiger partial charge in [-0.05, 0) is 96.5 Å². The minimum atomic E-state index is -0.603. The van der Waals surface area contributed by atoms with Gasteiger partial charge in [-0.15, -0.1) is 0 Å². The maximum absolute atomic E-state index is 10.8. The maximum Gasteiger partial charge on any atom is 0.123 e. The molecule has 5 rings (SSSR count). The van der Waals surface area contributed by atoms with Gasteiger partial charge in [0.05, 0.1) is 0 Å². The molecule has 0 aliphatic heterocycles.